The van der Waals surface area contributed by atoms with Gasteiger partial charge in [-0.3, -0.25) is 0 Å². The van der Waals surface area contributed by atoms with E-state index in [1.807, 2.05) is 0 Å². The maximum absolute atomic E-state index is 12.4. The summed E-state index contributed by atoms with van der Waals surface area (Å²) in [4.78, 5) is 0. The molecule has 0 aromatic rings. The van der Waals surface area contributed by atoms with Gasteiger partial charge >= 0.3 is 12.4 Å². The average molecular weight is 279 g/mol. The minimum absolute atomic E-state index is 0.145. The molecule has 0 spiro atoms. The van der Waals surface area contributed by atoms with Gasteiger partial charge in [-0.25, -0.2) is 0 Å². The molecule has 1 N–H and O–H groups in total. The van der Waals surface area contributed by atoms with Crippen molar-refractivity contribution >= 4 is 0 Å². The lowest BCUT2D eigenvalue weighted by Crippen LogP contribution is -2.53. The van der Waals surface area contributed by atoms with Crippen molar-refractivity contribution < 1.29 is 31.1 Å². The number of rotatable bonds is 5. The minimum atomic E-state index is -5.43. The van der Waals surface area contributed by atoms with Crippen molar-refractivity contribution in [1.29, 1.82) is 0 Å². The standard InChI is InChI=1S/C10H15F6NO/c1-17-6-5-8(3-2-4-8)18-7(9(11,12)13)10(14,15)16/h7,17H,2-6H2,1H3. The number of hydrogen-bond acceptors (Lipinski definition) is 2. The molecule has 1 aliphatic carbocycles. The topological polar surface area (TPSA) is 21.3 Å². The van der Waals surface area contributed by atoms with Crippen LogP contribution in [0.15, 0.2) is 0 Å². The largest absolute Gasteiger partial charge is 0.423 e. The minimum Gasteiger partial charge on any atom is -0.354 e. The van der Waals surface area contributed by atoms with Crippen LogP contribution >= 0.6 is 0 Å². The van der Waals surface area contributed by atoms with Crippen LogP contribution < -0.4 is 5.32 Å². The van der Waals surface area contributed by atoms with Crippen LogP contribution in [-0.2, 0) is 4.74 Å². The SMILES string of the molecule is CNCCC1(OC(C(F)(F)F)C(F)(F)F)CCC1. The summed E-state index contributed by atoms with van der Waals surface area (Å²) in [6.45, 7) is 0.322. The fourth-order valence-electron chi connectivity index (χ4n) is 1.92. The first kappa shape index (κ1) is 15.6. The van der Waals surface area contributed by atoms with E-state index in [2.05, 4.69) is 10.1 Å². The lowest BCUT2D eigenvalue weighted by Gasteiger charge is -2.44. The van der Waals surface area contributed by atoms with Crippen LogP contribution in [0.5, 0.6) is 0 Å². The summed E-state index contributed by atoms with van der Waals surface area (Å²) < 4.78 is 78.6. The third-order valence-electron chi connectivity index (χ3n) is 3.06. The van der Waals surface area contributed by atoms with Crippen molar-refractivity contribution in [1.82, 2.24) is 5.32 Å². The van der Waals surface area contributed by atoms with Crippen molar-refractivity contribution in [3.63, 3.8) is 0 Å². The number of alkyl halides is 6. The molecule has 0 saturated heterocycles. The zero-order valence-electron chi connectivity index (χ0n) is 9.79. The Bertz CT molecular complexity index is 257. The van der Waals surface area contributed by atoms with Crippen molar-refractivity contribution in [2.45, 2.75) is 49.7 Å². The predicted octanol–water partition coefficient (Wildman–Crippen LogP) is 3.03. The van der Waals surface area contributed by atoms with E-state index < -0.39 is 24.1 Å². The Balaban J connectivity index is 2.76. The van der Waals surface area contributed by atoms with Crippen LogP contribution in [-0.4, -0.2) is 37.7 Å². The first-order valence-electron chi connectivity index (χ1n) is 5.57. The summed E-state index contributed by atoms with van der Waals surface area (Å²) in [5.74, 6) is 0. The van der Waals surface area contributed by atoms with Gasteiger partial charge in [-0.15, -0.1) is 0 Å². The van der Waals surface area contributed by atoms with Crippen molar-refractivity contribution in [3.8, 4) is 0 Å². The van der Waals surface area contributed by atoms with E-state index in [4.69, 9.17) is 0 Å². The third-order valence-corrected chi connectivity index (χ3v) is 3.06. The highest BCUT2D eigenvalue weighted by molar-refractivity contribution is 4.93. The Morgan fingerprint density at radius 2 is 1.61 bits per heavy atom. The molecule has 0 radical (unpaired) electrons. The number of ether oxygens (including phenoxy) is 1. The summed E-state index contributed by atoms with van der Waals surface area (Å²) >= 11 is 0. The van der Waals surface area contributed by atoms with Crippen LogP contribution in [0.2, 0.25) is 0 Å². The third kappa shape index (κ3) is 3.74. The van der Waals surface area contributed by atoms with Crippen LogP contribution in [0.3, 0.4) is 0 Å². The summed E-state index contributed by atoms with van der Waals surface area (Å²) in [6.07, 6.45) is -13.4. The second-order valence-electron chi connectivity index (χ2n) is 4.47. The second kappa shape index (κ2) is 5.24. The molecule has 0 aromatic heterocycles. The van der Waals surface area contributed by atoms with Crippen LogP contribution in [0.4, 0.5) is 26.3 Å². The lowest BCUT2D eigenvalue weighted by molar-refractivity contribution is -0.353. The molecule has 1 saturated carbocycles. The van der Waals surface area contributed by atoms with Gasteiger partial charge in [0.15, 0.2) is 0 Å². The summed E-state index contributed by atoms with van der Waals surface area (Å²) in [6, 6.07) is 0. The van der Waals surface area contributed by atoms with E-state index in [1.54, 1.807) is 7.05 Å². The monoisotopic (exact) mass is 279 g/mol. The molecule has 0 unspecified atom stereocenters. The molecule has 8 heteroatoms. The fourth-order valence-corrected chi connectivity index (χ4v) is 1.92. The van der Waals surface area contributed by atoms with E-state index in [-0.39, 0.29) is 19.3 Å². The average Bonchev–Trinajstić information content (AvgIpc) is 2.11. The highest BCUT2D eigenvalue weighted by atomic mass is 19.4. The van der Waals surface area contributed by atoms with Crippen LogP contribution in [0.25, 0.3) is 0 Å². The van der Waals surface area contributed by atoms with E-state index in [0.29, 0.717) is 13.0 Å². The molecule has 1 fully saturated rings. The Morgan fingerprint density at radius 3 is 1.89 bits per heavy atom. The predicted molar refractivity (Wildman–Crippen MR) is 52.1 cm³/mol. The molecule has 0 atom stereocenters. The van der Waals surface area contributed by atoms with Gasteiger partial charge in [0.25, 0.3) is 0 Å². The van der Waals surface area contributed by atoms with Crippen molar-refractivity contribution in [2.75, 3.05) is 13.6 Å². The van der Waals surface area contributed by atoms with Gasteiger partial charge in [0.05, 0.1) is 5.60 Å². The quantitative estimate of drug-likeness (QED) is 0.781. The number of hydrogen-bond donors (Lipinski definition) is 1. The molecule has 1 aliphatic rings. The number of nitrogens with one attached hydrogen (secondary N) is 1. The molecule has 1 rings (SSSR count). The van der Waals surface area contributed by atoms with Gasteiger partial charge in [-0.1, -0.05) is 0 Å². The fraction of sp³-hybridized carbons (Fsp3) is 1.00. The zero-order chi connectivity index (χ0) is 14.0. The first-order valence-corrected chi connectivity index (χ1v) is 5.57. The summed E-state index contributed by atoms with van der Waals surface area (Å²) in [5.41, 5.74) is -1.29. The molecule has 0 bridgehead atoms. The molecule has 0 aromatic carbocycles. The van der Waals surface area contributed by atoms with Crippen LogP contribution in [0.1, 0.15) is 25.7 Å². The molecule has 0 aliphatic heterocycles. The Kier molecular flexibility index (Phi) is 4.53. The van der Waals surface area contributed by atoms with Crippen LogP contribution in [0, 0.1) is 0 Å². The second-order valence-corrected chi connectivity index (χ2v) is 4.47. The Labute approximate surface area is 101 Å². The smallest absolute Gasteiger partial charge is 0.354 e. The molecular weight excluding hydrogens is 264 g/mol. The highest BCUT2D eigenvalue weighted by Gasteiger charge is 2.61. The summed E-state index contributed by atoms with van der Waals surface area (Å²) in [7, 11) is 1.58. The maximum Gasteiger partial charge on any atom is 0.423 e. The molecule has 0 amide bonds. The lowest BCUT2D eigenvalue weighted by atomic mass is 9.77. The normalized spacial score (nSPS) is 20.0. The Hall–Kier alpha value is -0.500. The molecule has 18 heavy (non-hydrogen) atoms. The van der Waals surface area contributed by atoms with Crippen molar-refractivity contribution in [3.05, 3.63) is 0 Å². The summed E-state index contributed by atoms with van der Waals surface area (Å²) in [5, 5.41) is 2.70. The van der Waals surface area contributed by atoms with Gasteiger partial charge in [0, 0.05) is 0 Å². The molecule has 108 valence electrons. The number of halogens is 6. The van der Waals surface area contributed by atoms with E-state index in [0.717, 1.165) is 0 Å². The van der Waals surface area contributed by atoms with Gasteiger partial charge in [-0.2, -0.15) is 26.3 Å². The van der Waals surface area contributed by atoms with Crippen molar-refractivity contribution in [2.24, 2.45) is 0 Å². The molecular formula is C10H15F6NO. The van der Waals surface area contributed by atoms with Gasteiger partial charge in [0.1, 0.15) is 0 Å². The van der Waals surface area contributed by atoms with E-state index in [1.165, 1.54) is 0 Å². The van der Waals surface area contributed by atoms with Gasteiger partial charge in [0.2, 0.25) is 6.10 Å². The van der Waals surface area contributed by atoms with E-state index in [9.17, 15) is 26.3 Å². The molecule has 2 nitrogen and oxygen atoms in total. The first-order chi connectivity index (χ1) is 8.11. The maximum atomic E-state index is 12.4. The Morgan fingerprint density at radius 1 is 1.11 bits per heavy atom. The highest BCUT2D eigenvalue weighted by Crippen LogP contribution is 2.45. The van der Waals surface area contributed by atoms with E-state index >= 15 is 0 Å². The van der Waals surface area contributed by atoms with Gasteiger partial charge in [-0.05, 0) is 39.3 Å². The zero-order valence-corrected chi connectivity index (χ0v) is 9.79. The van der Waals surface area contributed by atoms with Gasteiger partial charge < -0.3 is 10.1 Å². The molecule has 0 heterocycles.